The largest absolute Gasteiger partial charge is 0.459 e. The summed E-state index contributed by atoms with van der Waals surface area (Å²) in [5.74, 6) is -1.85. The molecule has 13 heteroatoms. The highest BCUT2D eigenvalue weighted by molar-refractivity contribution is 7.91. The first-order chi connectivity index (χ1) is 24.8. The third-order valence-corrected chi connectivity index (χ3v) is 13.4. The number of hydrogen-bond acceptors (Lipinski definition) is 8. The number of sulfonamides is 1. The Morgan fingerprint density at radius 2 is 1.85 bits per heavy atom. The molecule has 12 nitrogen and oxygen atoms in total. The van der Waals surface area contributed by atoms with E-state index < -0.39 is 50.3 Å². The molecule has 3 heterocycles. The molecule has 4 aliphatic rings. The van der Waals surface area contributed by atoms with Crippen LogP contribution in [0.4, 0.5) is 5.69 Å². The van der Waals surface area contributed by atoms with Crippen LogP contribution in [0.15, 0.2) is 60.7 Å². The number of nitrogens with one attached hydrogen (secondary N) is 3. The van der Waals surface area contributed by atoms with Crippen molar-refractivity contribution in [2.45, 2.75) is 120 Å². The van der Waals surface area contributed by atoms with Gasteiger partial charge in [0.2, 0.25) is 21.8 Å². The van der Waals surface area contributed by atoms with Crippen molar-refractivity contribution in [3.63, 3.8) is 0 Å². The molecule has 52 heavy (non-hydrogen) atoms. The van der Waals surface area contributed by atoms with Crippen molar-refractivity contribution in [3.8, 4) is 6.01 Å². The lowest BCUT2D eigenvalue weighted by Gasteiger charge is -2.30. The fourth-order valence-electron chi connectivity index (χ4n) is 7.59. The van der Waals surface area contributed by atoms with Crippen molar-refractivity contribution in [1.29, 1.82) is 0 Å². The lowest BCUT2D eigenvalue weighted by Crippen LogP contribution is -2.58. The Balaban J connectivity index is 1.21. The summed E-state index contributed by atoms with van der Waals surface area (Å²) in [6.07, 6.45) is 8.70. The van der Waals surface area contributed by atoms with Crippen molar-refractivity contribution in [2.75, 3.05) is 11.9 Å². The van der Waals surface area contributed by atoms with Gasteiger partial charge in [0.15, 0.2) is 0 Å². The molecule has 3 aromatic rings. The summed E-state index contributed by atoms with van der Waals surface area (Å²) in [6, 6.07) is 14.5. The van der Waals surface area contributed by atoms with E-state index in [1.807, 2.05) is 66.1 Å². The molecule has 2 saturated carbocycles. The first kappa shape index (κ1) is 36.0. The smallest absolute Gasteiger partial charge is 0.297 e. The van der Waals surface area contributed by atoms with E-state index in [0.717, 1.165) is 48.0 Å². The van der Waals surface area contributed by atoms with E-state index in [1.165, 1.54) is 0 Å². The normalized spacial score (nSPS) is 28.2. The van der Waals surface area contributed by atoms with Gasteiger partial charge in [0.05, 0.1) is 22.3 Å². The Hall–Kier alpha value is -4.39. The van der Waals surface area contributed by atoms with Gasteiger partial charge in [0, 0.05) is 24.1 Å². The maximum Gasteiger partial charge on any atom is 0.297 e. The molecule has 3 N–H and O–H groups in total. The summed E-state index contributed by atoms with van der Waals surface area (Å²) in [7, 11) is -3.94. The zero-order valence-electron chi connectivity index (χ0n) is 30.4. The van der Waals surface area contributed by atoms with Crippen molar-refractivity contribution < 1.29 is 27.5 Å². The summed E-state index contributed by atoms with van der Waals surface area (Å²) in [5, 5.41) is 6.40. The van der Waals surface area contributed by atoms with Crippen LogP contribution in [0.2, 0.25) is 0 Å². The second kappa shape index (κ2) is 13.9. The van der Waals surface area contributed by atoms with E-state index in [-0.39, 0.29) is 37.3 Å². The quantitative estimate of drug-likeness (QED) is 0.270. The van der Waals surface area contributed by atoms with Crippen LogP contribution in [0, 0.1) is 12.8 Å². The van der Waals surface area contributed by atoms with Crippen LogP contribution in [0.25, 0.3) is 11.0 Å². The zero-order valence-corrected chi connectivity index (χ0v) is 31.2. The molecule has 3 amide bonds. The standard InChI is InChI=1S/C39H50N6O6S/c1-25(2)45-32-21-26(3)17-18-30(32)41-37(45)51-29-22-33-34(46)42-39(36(48)43-52(49,50)38(4)19-20-38)23-27(39)13-9-6-5-7-12-16-31(35(47)44(33)24-29)40-28-14-10-8-11-15-28/h8-11,13-15,17-18,21,25,27,29,31,33,40H,5-7,12,16,19-20,22-24H2,1-4H3,(H,42,46)(H,43,48)/b13-9-/t27-,29+,31-,33-,39+/m0/s1. The molecule has 0 bridgehead atoms. The first-order valence-corrected chi connectivity index (χ1v) is 20.1. The Kier molecular flexibility index (Phi) is 9.60. The third kappa shape index (κ3) is 7.03. The number of aromatic nitrogens is 2. The molecule has 3 fully saturated rings. The Bertz CT molecular complexity index is 1990. The minimum atomic E-state index is -3.94. The maximum atomic E-state index is 14.6. The number of carbonyl (C=O) groups is 3. The minimum Gasteiger partial charge on any atom is -0.459 e. The zero-order chi connectivity index (χ0) is 36.8. The molecular weight excluding hydrogens is 681 g/mol. The third-order valence-electron chi connectivity index (χ3n) is 11.2. The van der Waals surface area contributed by atoms with Gasteiger partial charge in [-0.2, -0.15) is 4.98 Å². The van der Waals surface area contributed by atoms with Gasteiger partial charge in [0.25, 0.3) is 11.9 Å². The number of anilines is 1. The number of rotatable bonds is 8. The number of nitrogens with zero attached hydrogens (tertiary/aromatic N) is 3. The van der Waals surface area contributed by atoms with Crippen LogP contribution in [0.1, 0.15) is 90.2 Å². The summed E-state index contributed by atoms with van der Waals surface area (Å²) in [4.78, 5) is 49.3. The van der Waals surface area contributed by atoms with Gasteiger partial charge in [-0.3, -0.25) is 23.7 Å². The molecule has 7 rings (SSSR count). The van der Waals surface area contributed by atoms with Crippen LogP contribution in [0.5, 0.6) is 6.01 Å². The molecular formula is C39H50N6O6S. The monoisotopic (exact) mass is 730 g/mol. The summed E-state index contributed by atoms with van der Waals surface area (Å²) in [6.45, 7) is 7.90. The van der Waals surface area contributed by atoms with Crippen molar-refractivity contribution in [2.24, 2.45) is 5.92 Å². The molecule has 2 aliphatic heterocycles. The number of ether oxygens (including phenoxy) is 1. The second-order valence-corrected chi connectivity index (χ2v) is 17.8. The Morgan fingerprint density at radius 3 is 2.58 bits per heavy atom. The average molecular weight is 731 g/mol. The lowest BCUT2D eigenvalue weighted by molar-refractivity contribution is -0.140. The summed E-state index contributed by atoms with van der Waals surface area (Å²) in [5.41, 5.74) is 2.19. The molecule has 5 atom stereocenters. The molecule has 2 aliphatic carbocycles. The van der Waals surface area contributed by atoms with Crippen molar-refractivity contribution in [3.05, 3.63) is 66.2 Å². The van der Waals surface area contributed by atoms with Gasteiger partial charge in [0.1, 0.15) is 23.7 Å². The number of benzene rings is 2. The number of aryl methyl sites for hydroxylation is 1. The molecule has 1 saturated heterocycles. The van der Waals surface area contributed by atoms with Crippen LogP contribution >= 0.6 is 0 Å². The minimum absolute atomic E-state index is 0.0328. The summed E-state index contributed by atoms with van der Waals surface area (Å²) < 4.78 is 36.2. The van der Waals surface area contributed by atoms with Gasteiger partial charge in [-0.15, -0.1) is 0 Å². The highest BCUT2D eigenvalue weighted by Gasteiger charge is 2.63. The predicted molar refractivity (Wildman–Crippen MR) is 199 cm³/mol. The SMILES string of the molecule is Cc1ccc2nc(O[C@@H]3C[C@H]4C(=O)N[C@]5(C(=O)NS(=O)(=O)C6(C)CC6)C[C@@H]5/C=C\CCCCC[C@H](Nc5ccccc5)C(=O)N4C3)n(C(C)C)c2c1. The molecule has 0 radical (unpaired) electrons. The molecule has 278 valence electrons. The summed E-state index contributed by atoms with van der Waals surface area (Å²) >= 11 is 0. The Morgan fingerprint density at radius 1 is 1.08 bits per heavy atom. The van der Waals surface area contributed by atoms with Gasteiger partial charge in [-0.25, -0.2) is 8.42 Å². The van der Waals surface area contributed by atoms with E-state index in [0.29, 0.717) is 25.3 Å². The lowest BCUT2D eigenvalue weighted by atomic mass is 10.0. The highest BCUT2D eigenvalue weighted by atomic mass is 32.2. The van der Waals surface area contributed by atoms with Crippen molar-refractivity contribution in [1.82, 2.24) is 24.5 Å². The first-order valence-electron chi connectivity index (χ1n) is 18.6. The predicted octanol–water partition coefficient (Wildman–Crippen LogP) is 5.15. The molecule has 0 spiro atoms. The number of allylic oxidation sites excluding steroid dienone is 1. The van der Waals surface area contributed by atoms with Crippen LogP contribution < -0.4 is 20.1 Å². The van der Waals surface area contributed by atoms with Gasteiger partial charge >= 0.3 is 0 Å². The maximum absolute atomic E-state index is 14.6. The number of para-hydroxylation sites is 1. The highest BCUT2D eigenvalue weighted by Crippen LogP contribution is 2.47. The topological polar surface area (TPSA) is 152 Å². The van der Waals surface area contributed by atoms with E-state index in [4.69, 9.17) is 9.72 Å². The van der Waals surface area contributed by atoms with Gasteiger partial charge in [-0.1, -0.05) is 49.3 Å². The van der Waals surface area contributed by atoms with E-state index >= 15 is 0 Å². The van der Waals surface area contributed by atoms with Gasteiger partial charge in [-0.05, 0) is 96.0 Å². The van der Waals surface area contributed by atoms with Crippen molar-refractivity contribution >= 4 is 44.5 Å². The molecule has 1 aromatic heterocycles. The van der Waals surface area contributed by atoms with Crippen LogP contribution in [0.3, 0.4) is 0 Å². The van der Waals surface area contributed by atoms with Crippen LogP contribution in [-0.4, -0.2) is 75.6 Å². The Labute approximate surface area is 305 Å². The number of hydrogen-bond donors (Lipinski definition) is 3. The van der Waals surface area contributed by atoms with E-state index in [2.05, 4.69) is 35.3 Å². The van der Waals surface area contributed by atoms with Crippen LogP contribution in [-0.2, 0) is 24.4 Å². The number of carbonyl (C=O) groups excluding carboxylic acids is 3. The molecule has 2 aromatic carbocycles. The van der Waals surface area contributed by atoms with E-state index in [1.54, 1.807) is 11.8 Å². The average Bonchev–Trinajstić information content (AvgIpc) is 3.93. The molecule has 0 unspecified atom stereocenters. The van der Waals surface area contributed by atoms with E-state index in [9.17, 15) is 22.8 Å². The number of fused-ring (bicyclic) bond motifs is 3. The fraction of sp³-hybridized carbons (Fsp3) is 0.538. The number of amides is 3. The second-order valence-electron chi connectivity index (χ2n) is 15.6. The fourth-order valence-corrected chi connectivity index (χ4v) is 8.91. The van der Waals surface area contributed by atoms with Gasteiger partial charge < -0.3 is 20.3 Å². The number of imidazole rings is 1.